The molecule has 0 saturated heterocycles. The summed E-state index contributed by atoms with van der Waals surface area (Å²) in [5.74, 6) is -3.01. The van der Waals surface area contributed by atoms with Crippen LogP contribution in [0.1, 0.15) is 6.92 Å². The molecule has 0 rings (SSSR count). The van der Waals surface area contributed by atoms with Crippen molar-refractivity contribution in [2.75, 3.05) is 6.61 Å². The number of alkyl halides is 3. The van der Waals surface area contributed by atoms with E-state index in [4.69, 9.17) is 15.0 Å². The molecule has 0 atom stereocenters. The first-order valence-corrected chi connectivity index (χ1v) is 2.22. The monoisotopic (exact) mass is 194 g/mol. The Labute approximate surface area is 67.4 Å². The number of quaternary nitrogens is 2. The molecule has 8 heteroatoms. The molecule has 0 aliphatic heterocycles. The number of aliphatic carboxylic acids is 1. The van der Waals surface area contributed by atoms with Crippen molar-refractivity contribution in [3.8, 4) is 0 Å². The quantitative estimate of drug-likeness (QED) is 0.533. The van der Waals surface area contributed by atoms with Gasteiger partial charge in [-0.2, -0.15) is 13.2 Å². The lowest BCUT2D eigenvalue weighted by Gasteiger charge is -2.03. The Bertz CT molecular complexity index is 106. The van der Waals surface area contributed by atoms with Gasteiger partial charge in [-0.3, -0.25) is 0 Å². The zero-order valence-electron chi connectivity index (χ0n) is 7.07. The lowest BCUT2D eigenvalue weighted by molar-refractivity contribution is -0.361. The average molecular weight is 194 g/mol. The van der Waals surface area contributed by atoms with Crippen molar-refractivity contribution in [3.63, 3.8) is 0 Å². The summed E-state index contributed by atoms with van der Waals surface area (Å²) in [6, 6.07) is 0. The van der Waals surface area contributed by atoms with Crippen LogP contribution in [0.3, 0.4) is 0 Å². The molecule has 0 fully saturated rings. The van der Waals surface area contributed by atoms with Crippen LogP contribution in [0, 0.1) is 0 Å². The van der Waals surface area contributed by atoms with E-state index in [1.165, 1.54) is 0 Å². The minimum absolute atomic E-state index is 0. The average Bonchev–Trinajstić information content (AvgIpc) is 1.64. The number of rotatable bonds is 0. The van der Waals surface area contributed by atoms with E-state index in [0.29, 0.717) is 0 Å². The van der Waals surface area contributed by atoms with E-state index in [9.17, 15) is 13.2 Å². The normalized spacial score (nSPS) is 8.08. The van der Waals surface area contributed by atoms with Gasteiger partial charge < -0.3 is 27.3 Å². The number of hydrogen-bond donors (Lipinski definition) is 2. The van der Waals surface area contributed by atoms with Crippen LogP contribution in [0.5, 0.6) is 0 Å². The maximum Gasteiger partial charge on any atom is 0.430 e. The van der Waals surface area contributed by atoms with Crippen LogP contribution in [-0.4, -0.2) is 18.8 Å². The lowest BCUT2D eigenvalue weighted by atomic mass is 10.7. The Morgan fingerprint density at radius 2 is 1.42 bits per heavy atom. The highest BCUT2D eigenvalue weighted by atomic mass is 19.4. The molecule has 0 aliphatic rings. The van der Waals surface area contributed by atoms with Crippen LogP contribution in [0.2, 0.25) is 0 Å². The summed E-state index contributed by atoms with van der Waals surface area (Å²) in [4.78, 5) is 8.78. The van der Waals surface area contributed by atoms with E-state index >= 15 is 0 Å². The van der Waals surface area contributed by atoms with Crippen molar-refractivity contribution in [3.05, 3.63) is 0 Å². The summed E-state index contributed by atoms with van der Waals surface area (Å²) in [7, 11) is 0. The van der Waals surface area contributed by atoms with Crippen molar-refractivity contribution in [1.82, 2.24) is 12.3 Å². The summed E-state index contributed by atoms with van der Waals surface area (Å²) in [6.45, 7) is 1.57. The number of hydrogen-bond acceptors (Lipinski definition) is 3. The fraction of sp³-hybridized carbons (Fsp3) is 0.750. The van der Waals surface area contributed by atoms with Crippen molar-refractivity contribution in [2.45, 2.75) is 13.1 Å². The van der Waals surface area contributed by atoms with Gasteiger partial charge in [-0.15, -0.1) is 6.61 Å². The van der Waals surface area contributed by atoms with Crippen molar-refractivity contribution < 1.29 is 28.2 Å². The first-order valence-electron chi connectivity index (χ1n) is 2.22. The predicted molar refractivity (Wildman–Crippen MR) is 33.6 cm³/mol. The van der Waals surface area contributed by atoms with Gasteiger partial charge in [0, 0.05) is 0 Å². The Balaban J connectivity index is -0.0000000569. The first kappa shape index (κ1) is 22.5. The molecule has 0 heterocycles. The molecule has 0 aromatic heterocycles. The molecule has 0 unspecified atom stereocenters. The second-order valence-electron chi connectivity index (χ2n) is 1.07. The van der Waals surface area contributed by atoms with E-state index < -0.39 is 12.1 Å². The molecule has 0 amide bonds. The fourth-order valence-electron chi connectivity index (χ4n) is 0. The number of carbonyl (C=O) groups excluding carboxylic acids is 1. The van der Waals surface area contributed by atoms with Gasteiger partial charge in [0.25, 0.3) is 0 Å². The molecular weight excluding hydrogens is 181 g/mol. The predicted octanol–water partition coefficient (Wildman–Crippen LogP) is -0.582. The van der Waals surface area contributed by atoms with Crippen LogP contribution >= 0.6 is 0 Å². The van der Waals surface area contributed by atoms with Gasteiger partial charge in [-0.1, -0.05) is 6.92 Å². The molecule has 0 bridgehead atoms. The number of halogens is 3. The minimum Gasteiger partial charge on any atom is -0.855 e. The Morgan fingerprint density at radius 3 is 1.42 bits per heavy atom. The summed E-state index contributed by atoms with van der Waals surface area (Å²) in [5.41, 5.74) is 0. The lowest BCUT2D eigenvalue weighted by Crippen LogP contribution is -2.37. The SMILES string of the molecule is CC[O-].O=C([O-])C(F)(F)F.[NH4+].[NH4+]. The molecule has 8 N–H and O–H groups in total. The highest BCUT2D eigenvalue weighted by Gasteiger charge is 2.28. The van der Waals surface area contributed by atoms with E-state index in [-0.39, 0.29) is 18.9 Å². The molecule has 0 aromatic carbocycles. The van der Waals surface area contributed by atoms with Crippen LogP contribution in [-0.2, 0) is 4.79 Å². The zero-order valence-corrected chi connectivity index (χ0v) is 7.07. The third-order valence-electron chi connectivity index (χ3n) is 0.231. The van der Waals surface area contributed by atoms with Crippen molar-refractivity contribution >= 4 is 5.97 Å². The van der Waals surface area contributed by atoms with Crippen LogP contribution in [0.25, 0.3) is 0 Å². The second-order valence-corrected chi connectivity index (χ2v) is 1.07. The molecule has 78 valence electrons. The van der Waals surface area contributed by atoms with Crippen LogP contribution in [0.4, 0.5) is 13.2 Å². The third kappa shape index (κ3) is 22.9. The second kappa shape index (κ2) is 10.1. The van der Waals surface area contributed by atoms with Crippen molar-refractivity contribution in [1.29, 1.82) is 0 Å². The topological polar surface area (TPSA) is 136 Å². The summed E-state index contributed by atoms with van der Waals surface area (Å²) >= 11 is 0. The summed E-state index contributed by atoms with van der Waals surface area (Å²) < 4.78 is 31.5. The van der Waals surface area contributed by atoms with Gasteiger partial charge in [-0.25, -0.2) is 0 Å². The molecule has 0 aliphatic carbocycles. The number of carboxylic acids is 1. The smallest absolute Gasteiger partial charge is 0.430 e. The van der Waals surface area contributed by atoms with Crippen LogP contribution < -0.4 is 22.5 Å². The van der Waals surface area contributed by atoms with E-state index in [2.05, 4.69) is 0 Å². The molecule has 0 radical (unpaired) electrons. The molecule has 0 spiro atoms. The maximum absolute atomic E-state index is 10.5. The van der Waals surface area contributed by atoms with E-state index in [1.807, 2.05) is 0 Å². The maximum atomic E-state index is 10.5. The van der Waals surface area contributed by atoms with Gasteiger partial charge >= 0.3 is 6.18 Å². The van der Waals surface area contributed by atoms with Gasteiger partial charge in [0.2, 0.25) is 0 Å². The molecule has 0 saturated carbocycles. The number of carboxylic acid groups (broad SMARTS) is 1. The van der Waals surface area contributed by atoms with Crippen molar-refractivity contribution in [2.24, 2.45) is 0 Å². The van der Waals surface area contributed by atoms with Gasteiger partial charge in [0.1, 0.15) is 5.97 Å². The number of carbonyl (C=O) groups is 1. The first-order chi connectivity index (χ1) is 4.36. The van der Waals surface area contributed by atoms with Crippen LogP contribution in [0.15, 0.2) is 0 Å². The zero-order chi connectivity index (χ0) is 8.78. The highest BCUT2D eigenvalue weighted by molar-refractivity contribution is 5.70. The Kier molecular flexibility index (Phi) is 19.0. The molecular formula is C4H13F3N2O3. The largest absolute Gasteiger partial charge is 0.855 e. The van der Waals surface area contributed by atoms with Gasteiger partial charge in [0.05, 0.1) is 0 Å². The third-order valence-corrected chi connectivity index (χ3v) is 0.231. The standard InChI is InChI=1S/C2HF3O2.C2H5O.2H3N/c3-2(4,5)1(6)7;1-2-3;;/h(H,6,7);2H2,1H3;2*1H3/q;-1;;/p+1. The minimum atomic E-state index is -5.19. The Hall–Kier alpha value is -0.860. The summed E-state index contributed by atoms with van der Waals surface area (Å²) in [6.07, 6.45) is -5.19. The van der Waals surface area contributed by atoms with Gasteiger partial charge in [-0.05, 0) is 0 Å². The fourth-order valence-corrected chi connectivity index (χ4v) is 0. The van der Waals surface area contributed by atoms with E-state index in [0.717, 1.165) is 0 Å². The van der Waals surface area contributed by atoms with Gasteiger partial charge in [0.15, 0.2) is 0 Å². The summed E-state index contributed by atoms with van der Waals surface area (Å²) in [5, 5.41) is 17.7. The Morgan fingerprint density at radius 1 is 1.33 bits per heavy atom. The molecule has 5 nitrogen and oxygen atoms in total. The highest BCUT2D eigenvalue weighted by Crippen LogP contribution is 2.11. The molecule has 0 aromatic rings. The molecule has 12 heavy (non-hydrogen) atoms. The van der Waals surface area contributed by atoms with E-state index in [1.54, 1.807) is 6.92 Å².